The molecule has 0 aliphatic carbocycles. The van der Waals surface area contributed by atoms with E-state index in [0.29, 0.717) is 24.6 Å². The Bertz CT molecular complexity index is 864. The van der Waals surface area contributed by atoms with E-state index in [4.69, 9.17) is 4.74 Å². The number of pyridine rings is 1. The standard InChI is InChI=1S/C22H27N3O3.H2/c1-15(2)22(27)21-19(24-20(26)14-25-7-9-28-10-8-25)12-18(13-23-21)17-6-4-5-16(3)11-17;/h4-6,11-13,15H,7-10,14H2,1-3H3,(H,24,26);1H. The molecule has 6 heteroatoms. The van der Waals surface area contributed by atoms with Gasteiger partial charge >= 0.3 is 0 Å². The van der Waals surface area contributed by atoms with Crippen molar-refractivity contribution in [1.82, 2.24) is 9.88 Å². The molecule has 0 unspecified atom stereocenters. The zero-order valence-electron chi connectivity index (χ0n) is 16.7. The molecule has 0 spiro atoms. The number of rotatable bonds is 6. The van der Waals surface area contributed by atoms with Gasteiger partial charge < -0.3 is 10.1 Å². The summed E-state index contributed by atoms with van der Waals surface area (Å²) in [6.45, 7) is 8.69. The number of nitrogens with one attached hydrogen (secondary N) is 1. The number of ether oxygens (including phenoxy) is 1. The van der Waals surface area contributed by atoms with Crippen molar-refractivity contribution in [3.05, 3.63) is 47.8 Å². The second-order valence-electron chi connectivity index (χ2n) is 7.45. The highest BCUT2D eigenvalue weighted by molar-refractivity contribution is 6.05. The maximum absolute atomic E-state index is 12.6. The Labute approximate surface area is 167 Å². The lowest BCUT2D eigenvalue weighted by molar-refractivity contribution is -0.118. The van der Waals surface area contributed by atoms with Crippen molar-refractivity contribution in [1.29, 1.82) is 0 Å². The van der Waals surface area contributed by atoms with Gasteiger partial charge in [0.25, 0.3) is 0 Å². The number of ketones is 1. The Morgan fingerprint density at radius 3 is 2.64 bits per heavy atom. The fourth-order valence-corrected chi connectivity index (χ4v) is 3.16. The molecule has 1 N–H and O–H groups in total. The second-order valence-corrected chi connectivity index (χ2v) is 7.45. The highest BCUT2D eigenvalue weighted by atomic mass is 16.5. The molecule has 0 radical (unpaired) electrons. The van der Waals surface area contributed by atoms with E-state index in [1.807, 2.05) is 49.9 Å². The third-order valence-corrected chi connectivity index (χ3v) is 4.74. The molecule has 150 valence electrons. The Balaban J connectivity index is 0.00000300. The number of Topliss-reactive ketones (excluding diaryl/α,β-unsaturated/α-hetero) is 1. The smallest absolute Gasteiger partial charge is 0.238 e. The van der Waals surface area contributed by atoms with Crippen LogP contribution in [0.25, 0.3) is 11.1 Å². The first-order valence-electron chi connectivity index (χ1n) is 9.65. The lowest BCUT2D eigenvalue weighted by Gasteiger charge is -2.26. The summed E-state index contributed by atoms with van der Waals surface area (Å²) in [6, 6.07) is 9.90. The van der Waals surface area contributed by atoms with Gasteiger partial charge in [-0.2, -0.15) is 0 Å². The first-order chi connectivity index (χ1) is 13.4. The van der Waals surface area contributed by atoms with Crippen molar-refractivity contribution in [2.45, 2.75) is 20.8 Å². The fraction of sp³-hybridized carbons (Fsp3) is 0.409. The Morgan fingerprint density at radius 1 is 1.21 bits per heavy atom. The molecule has 1 aliphatic heterocycles. The van der Waals surface area contributed by atoms with Gasteiger partial charge in [-0.15, -0.1) is 0 Å². The maximum atomic E-state index is 12.6. The SMILES string of the molecule is Cc1cccc(-c2cnc(C(=O)C(C)C)c(NC(=O)CN3CCOCC3)c2)c1.[HH]. The van der Waals surface area contributed by atoms with Crippen LogP contribution in [0.4, 0.5) is 5.69 Å². The van der Waals surface area contributed by atoms with Gasteiger partial charge in [0.2, 0.25) is 5.91 Å². The summed E-state index contributed by atoms with van der Waals surface area (Å²) in [7, 11) is 0. The van der Waals surface area contributed by atoms with Gasteiger partial charge in [-0.3, -0.25) is 19.5 Å². The Morgan fingerprint density at radius 2 is 1.96 bits per heavy atom. The number of nitrogens with zero attached hydrogens (tertiary/aromatic N) is 2. The number of hydrogen-bond acceptors (Lipinski definition) is 5. The van der Waals surface area contributed by atoms with Gasteiger partial charge in [0.05, 0.1) is 25.4 Å². The van der Waals surface area contributed by atoms with E-state index >= 15 is 0 Å². The maximum Gasteiger partial charge on any atom is 0.238 e. The summed E-state index contributed by atoms with van der Waals surface area (Å²) in [5.74, 6) is -0.437. The van der Waals surface area contributed by atoms with E-state index in [9.17, 15) is 9.59 Å². The average Bonchev–Trinajstić information content (AvgIpc) is 2.68. The zero-order valence-corrected chi connectivity index (χ0v) is 16.7. The highest BCUT2D eigenvalue weighted by Crippen LogP contribution is 2.26. The molecule has 2 aromatic rings. The van der Waals surface area contributed by atoms with Crippen LogP contribution in [-0.4, -0.2) is 54.4 Å². The van der Waals surface area contributed by atoms with E-state index in [-0.39, 0.29) is 25.6 Å². The molecule has 1 saturated heterocycles. The van der Waals surface area contributed by atoms with Crippen molar-refractivity contribution in [2.24, 2.45) is 5.92 Å². The topological polar surface area (TPSA) is 71.5 Å². The number of hydrogen-bond donors (Lipinski definition) is 1. The zero-order chi connectivity index (χ0) is 20.1. The van der Waals surface area contributed by atoms with Crippen LogP contribution in [0.15, 0.2) is 36.5 Å². The van der Waals surface area contributed by atoms with E-state index in [0.717, 1.165) is 29.8 Å². The van der Waals surface area contributed by atoms with Crippen LogP contribution in [0.5, 0.6) is 0 Å². The molecule has 1 amide bonds. The average molecular weight is 383 g/mol. The van der Waals surface area contributed by atoms with Gasteiger partial charge in [-0.1, -0.05) is 43.7 Å². The van der Waals surface area contributed by atoms with Crippen molar-refractivity contribution in [3.63, 3.8) is 0 Å². The highest BCUT2D eigenvalue weighted by Gasteiger charge is 2.20. The quantitative estimate of drug-likeness (QED) is 0.774. The molecule has 1 aromatic heterocycles. The van der Waals surface area contributed by atoms with Crippen LogP contribution in [0.3, 0.4) is 0 Å². The molecule has 3 rings (SSSR count). The van der Waals surface area contributed by atoms with Crippen LogP contribution in [0, 0.1) is 12.8 Å². The first-order valence-corrected chi connectivity index (χ1v) is 9.65. The molecule has 0 saturated carbocycles. The minimum Gasteiger partial charge on any atom is -0.379 e. The molecule has 1 aromatic carbocycles. The van der Waals surface area contributed by atoms with E-state index in [1.54, 1.807) is 6.20 Å². The van der Waals surface area contributed by atoms with Crippen LogP contribution in [0.2, 0.25) is 0 Å². The normalized spacial score (nSPS) is 14.9. The number of morpholine rings is 1. The third-order valence-electron chi connectivity index (χ3n) is 4.74. The van der Waals surface area contributed by atoms with Gasteiger partial charge in [-0.05, 0) is 18.6 Å². The predicted molar refractivity (Wildman–Crippen MR) is 112 cm³/mol. The lowest BCUT2D eigenvalue weighted by atomic mass is 10.0. The molecule has 6 nitrogen and oxygen atoms in total. The van der Waals surface area contributed by atoms with Crippen molar-refractivity contribution < 1.29 is 15.8 Å². The molecule has 0 bridgehead atoms. The van der Waals surface area contributed by atoms with Gasteiger partial charge in [-0.25, -0.2) is 0 Å². The second kappa shape index (κ2) is 9.08. The molecule has 2 heterocycles. The minimum atomic E-state index is -0.202. The molecule has 1 aliphatic rings. The molecule has 0 atom stereocenters. The van der Waals surface area contributed by atoms with Gasteiger partial charge in [0.1, 0.15) is 5.69 Å². The number of amides is 1. The van der Waals surface area contributed by atoms with E-state index < -0.39 is 0 Å². The number of aromatic nitrogens is 1. The minimum absolute atomic E-state index is 0. The summed E-state index contributed by atoms with van der Waals surface area (Å²) in [5, 5.41) is 2.91. The number of benzene rings is 1. The summed E-state index contributed by atoms with van der Waals surface area (Å²) < 4.78 is 5.32. The predicted octanol–water partition coefficient (Wildman–Crippen LogP) is 3.41. The summed E-state index contributed by atoms with van der Waals surface area (Å²) in [5.41, 5.74) is 3.78. The van der Waals surface area contributed by atoms with Crippen molar-refractivity contribution in [2.75, 3.05) is 38.2 Å². The molecular formula is C22H29N3O3. The molecular weight excluding hydrogens is 354 g/mol. The Kier molecular flexibility index (Phi) is 6.54. The summed E-state index contributed by atoms with van der Waals surface area (Å²) in [4.78, 5) is 31.6. The number of aryl methyl sites for hydroxylation is 1. The number of carbonyl (C=O) groups is 2. The largest absolute Gasteiger partial charge is 0.379 e. The fourth-order valence-electron chi connectivity index (χ4n) is 3.16. The van der Waals surface area contributed by atoms with E-state index in [2.05, 4.69) is 16.4 Å². The van der Waals surface area contributed by atoms with E-state index in [1.165, 1.54) is 0 Å². The lowest BCUT2D eigenvalue weighted by Crippen LogP contribution is -2.41. The van der Waals surface area contributed by atoms with Crippen LogP contribution in [-0.2, 0) is 9.53 Å². The van der Waals surface area contributed by atoms with Crippen molar-refractivity contribution >= 4 is 17.4 Å². The number of anilines is 1. The van der Waals surface area contributed by atoms with Crippen LogP contribution >= 0.6 is 0 Å². The Hall–Kier alpha value is -2.57. The molecule has 1 fully saturated rings. The monoisotopic (exact) mass is 383 g/mol. The summed E-state index contributed by atoms with van der Waals surface area (Å²) in [6.07, 6.45) is 1.70. The summed E-state index contributed by atoms with van der Waals surface area (Å²) >= 11 is 0. The molecule has 28 heavy (non-hydrogen) atoms. The third kappa shape index (κ3) is 5.03. The van der Waals surface area contributed by atoms with Gasteiger partial charge in [0.15, 0.2) is 5.78 Å². The number of carbonyl (C=O) groups excluding carboxylic acids is 2. The van der Waals surface area contributed by atoms with Gasteiger partial charge in [0, 0.05) is 32.2 Å². The first kappa shape index (κ1) is 20.2. The van der Waals surface area contributed by atoms with Crippen molar-refractivity contribution in [3.8, 4) is 11.1 Å². The van der Waals surface area contributed by atoms with Crippen LogP contribution < -0.4 is 5.32 Å². The van der Waals surface area contributed by atoms with Crippen LogP contribution in [0.1, 0.15) is 31.3 Å².